The van der Waals surface area contributed by atoms with Crippen LogP contribution in [0.15, 0.2) is 0 Å². The smallest absolute Gasteiger partial charge is 0.226 e. The Labute approximate surface area is 145 Å². The molecule has 24 heavy (non-hydrogen) atoms. The molecule has 4 aliphatic rings. The molecule has 1 amide bonds. The van der Waals surface area contributed by atoms with Crippen LogP contribution in [0.4, 0.5) is 0 Å². The first-order valence-corrected chi connectivity index (χ1v) is 11.5. The Morgan fingerprint density at radius 1 is 0.958 bits per heavy atom. The third-order valence-electron chi connectivity index (χ3n) is 7.19. The lowest BCUT2D eigenvalue weighted by Gasteiger charge is -2.48. The highest BCUT2D eigenvalue weighted by atomic mass is 32.2. The molecule has 0 aromatic heterocycles. The van der Waals surface area contributed by atoms with Gasteiger partial charge in [0.1, 0.15) is 0 Å². The second-order valence-electron chi connectivity index (χ2n) is 8.49. The van der Waals surface area contributed by atoms with Crippen molar-refractivity contribution < 1.29 is 13.2 Å². The summed E-state index contributed by atoms with van der Waals surface area (Å²) >= 11 is 0. The standard InChI is InChI=1S/C18H30N2O3S/c19-17-12-4-3-5-13(17)11-14(10-12)18(21)20-8-9-24(22,23)16-7-2-1-6-15(16)20/h12-17H,1-11,19H2. The van der Waals surface area contributed by atoms with Crippen molar-refractivity contribution in [2.75, 3.05) is 12.3 Å². The minimum Gasteiger partial charge on any atom is -0.337 e. The van der Waals surface area contributed by atoms with Crippen molar-refractivity contribution in [1.82, 2.24) is 4.90 Å². The molecule has 6 heteroatoms. The van der Waals surface area contributed by atoms with Gasteiger partial charge in [0.2, 0.25) is 5.91 Å². The summed E-state index contributed by atoms with van der Waals surface area (Å²) in [6.45, 7) is 0.403. The molecule has 4 unspecified atom stereocenters. The van der Waals surface area contributed by atoms with Crippen LogP contribution in [0.1, 0.15) is 57.8 Å². The summed E-state index contributed by atoms with van der Waals surface area (Å²) in [6.07, 6.45) is 8.99. The third-order valence-corrected chi connectivity index (χ3v) is 9.42. The Morgan fingerprint density at radius 3 is 2.33 bits per heavy atom. The number of hydrogen-bond acceptors (Lipinski definition) is 4. The molecular weight excluding hydrogens is 324 g/mol. The number of nitrogens with two attached hydrogens (primary N) is 1. The van der Waals surface area contributed by atoms with E-state index in [2.05, 4.69) is 0 Å². The number of hydrogen-bond donors (Lipinski definition) is 1. The number of nitrogens with zero attached hydrogens (tertiary/aromatic N) is 1. The first kappa shape index (κ1) is 16.8. The van der Waals surface area contributed by atoms with Crippen LogP contribution in [-0.4, -0.2) is 48.9 Å². The Balaban J connectivity index is 1.52. The molecule has 4 rings (SSSR count). The SMILES string of the molecule is NC1C2CCCC1CC(C(=O)N1CCS(=O)(=O)C3CCCCC31)C2. The zero-order valence-electron chi connectivity index (χ0n) is 14.4. The predicted molar refractivity (Wildman–Crippen MR) is 93.1 cm³/mol. The lowest BCUT2D eigenvalue weighted by atomic mass is 9.64. The Hall–Kier alpha value is -0.620. The number of carbonyl (C=O) groups excluding carboxylic acids is 1. The van der Waals surface area contributed by atoms with E-state index < -0.39 is 9.84 Å². The minimum atomic E-state index is -3.02. The Kier molecular flexibility index (Phi) is 4.40. The molecule has 3 saturated carbocycles. The topological polar surface area (TPSA) is 80.5 Å². The van der Waals surface area contributed by atoms with Crippen LogP contribution in [0.25, 0.3) is 0 Å². The van der Waals surface area contributed by atoms with Crippen molar-refractivity contribution in [2.24, 2.45) is 23.5 Å². The summed E-state index contributed by atoms with van der Waals surface area (Å²) in [5.41, 5.74) is 6.36. The molecule has 1 aliphatic heterocycles. The fraction of sp³-hybridized carbons (Fsp3) is 0.944. The number of rotatable bonds is 1. The van der Waals surface area contributed by atoms with Gasteiger partial charge in [0.15, 0.2) is 9.84 Å². The molecule has 136 valence electrons. The van der Waals surface area contributed by atoms with Crippen molar-refractivity contribution in [2.45, 2.75) is 75.1 Å². The highest BCUT2D eigenvalue weighted by Crippen LogP contribution is 2.43. The van der Waals surface area contributed by atoms with Gasteiger partial charge in [-0.25, -0.2) is 8.42 Å². The van der Waals surface area contributed by atoms with Crippen molar-refractivity contribution in [3.05, 3.63) is 0 Å². The van der Waals surface area contributed by atoms with E-state index in [0.717, 1.165) is 51.4 Å². The van der Waals surface area contributed by atoms with Crippen LogP contribution < -0.4 is 5.73 Å². The van der Waals surface area contributed by atoms with E-state index >= 15 is 0 Å². The summed E-state index contributed by atoms with van der Waals surface area (Å²) in [5.74, 6) is 1.43. The molecule has 0 spiro atoms. The summed E-state index contributed by atoms with van der Waals surface area (Å²) < 4.78 is 24.8. The zero-order chi connectivity index (χ0) is 16.9. The Bertz CT molecular complexity index is 591. The molecule has 5 nitrogen and oxygen atoms in total. The van der Waals surface area contributed by atoms with Gasteiger partial charge in [0.25, 0.3) is 0 Å². The molecule has 2 N–H and O–H groups in total. The molecule has 0 radical (unpaired) electrons. The van der Waals surface area contributed by atoms with Gasteiger partial charge in [0, 0.05) is 24.5 Å². The highest BCUT2D eigenvalue weighted by molar-refractivity contribution is 7.92. The van der Waals surface area contributed by atoms with Gasteiger partial charge in [0.05, 0.1) is 11.0 Å². The van der Waals surface area contributed by atoms with Gasteiger partial charge in [-0.2, -0.15) is 0 Å². The van der Waals surface area contributed by atoms with Crippen molar-refractivity contribution in [1.29, 1.82) is 0 Å². The molecule has 1 saturated heterocycles. The largest absolute Gasteiger partial charge is 0.337 e. The molecule has 4 atom stereocenters. The van der Waals surface area contributed by atoms with Crippen LogP contribution in [0.3, 0.4) is 0 Å². The van der Waals surface area contributed by atoms with E-state index in [-0.39, 0.29) is 34.9 Å². The second kappa shape index (κ2) is 6.27. The maximum absolute atomic E-state index is 13.2. The molecule has 2 bridgehead atoms. The first-order valence-electron chi connectivity index (χ1n) is 9.75. The fourth-order valence-electron chi connectivity index (χ4n) is 5.89. The van der Waals surface area contributed by atoms with Gasteiger partial charge in [-0.05, 0) is 50.4 Å². The number of amides is 1. The minimum absolute atomic E-state index is 0.0690. The van der Waals surface area contributed by atoms with Crippen LogP contribution in [0, 0.1) is 17.8 Å². The summed E-state index contributed by atoms with van der Waals surface area (Å²) in [6, 6.07) is 0.201. The number of carbonyl (C=O) groups is 1. The monoisotopic (exact) mass is 354 g/mol. The summed E-state index contributed by atoms with van der Waals surface area (Å²) in [7, 11) is -3.02. The fourth-order valence-corrected chi connectivity index (χ4v) is 7.94. The Morgan fingerprint density at radius 2 is 1.62 bits per heavy atom. The van der Waals surface area contributed by atoms with E-state index in [0.29, 0.717) is 18.4 Å². The van der Waals surface area contributed by atoms with Crippen molar-refractivity contribution >= 4 is 15.7 Å². The maximum atomic E-state index is 13.2. The van der Waals surface area contributed by atoms with E-state index in [1.807, 2.05) is 4.90 Å². The second-order valence-corrected chi connectivity index (χ2v) is 10.8. The average Bonchev–Trinajstić information content (AvgIpc) is 2.54. The van der Waals surface area contributed by atoms with Crippen molar-refractivity contribution in [3.8, 4) is 0 Å². The first-order chi connectivity index (χ1) is 11.5. The van der Waals surface area contributed by atoms with Crippen LogP contribution in [0.5, 0.6) is 0 Å². The van der Waals surface area contributed by atoms with Crippen LogP contribution in [-0.2, 0) is 14.6 Å². The maximum Gasteiger partial charge on any atom is 0.226 e. The molecule has 4 fully saturated rings. The molecular formula is C18H30N2O3S. The number of sulfone groups is 1. The molecule has 1 heterocycles. The number of fused-ring (bicyclic) bond motifs is 3. The lowest BCUT2D eigenvalue weighted by Crippen LogP contribution is -2.60. The molecule has 3 aliphatic carbocycles. The third kappa shape index (κ3) is 2.79. The van der Waals surface area contributed by atoms with Gasteiger partial charge in [-0.3, -0.25) is 4.79 Å². The quantitative estimate of drug-likeness (QED) is 0.777. The molecule has 0 aromatic carbocycles. The predicted octanol–water partition coefficient (Wildman–Crippen LogP) is 1.71. The van der Waals surface area contributed by atoms with Gasteiger partial charge >= 0.3 is 0 Å². The average molecular weight is 355 g/mol. The van der Waals surface area contributed by atoms with E-state index in [9.17, 15) is 13.2 Å². The molecule has 0 aromatic rings. The lowest BCUT2D eigenvalue weighted by molar-refractivity contribution is -0.141. The van der Waals surface area contributed by atoms with Gasteiger partial charge in [-0.15, -0.1) is 0 Å². The zero-order valence-corrected chi connectivity index (χ0v) is 15.2. The highest BCUT2D eigenvalue weighted by Gasteiger charge is 2.47. The van der Waals surface area contributed by atoms with Crippen molar-refractivity contribution in [3.63, 3.8) is 0 Å². The van der Waals surface area contributed by atoms with E-state index in [4.69, 9.17) is 5.73 Å². The van der Waals surface area contributed by atoms with Gasteiger partial charge in [-0.1, -0.05) is 19.3 Å². The normalized spacial score (nSPS) is 44.6. The summed E-state index contributed by atoms with van der Waals surface area (Å²) in [4.78, 5) is 15.2. The van der Waals surface area contributed by atoms with Gasteiger partial charge < -0.3 is 10.6 Å². The van der Waals surface area contributed by atoms with E-state index in [1.54, 1.807) is 0 Å². The van der Waals surface area contributed by atoms with Crippen LogP contribution >= 0.6 is 0 Å². The summed E-state index contributed by atoms with van der Waals surface area (Å²) in [5, 5.41) is -0.311. The van der Waals surface area contributed by atoms with Crippen LogP contribution in [0.2, 0.25) is 0 Å². The van der Waals surface area contributed by atoms with E-state index in [1.165, 1.54) is 6.42 Å².